The maximum atomic E-state index is 13.1. The van der Waals surface area contributed by atoms with E-state index >= 15 is 0 Å². The molecule has 30 heavy (non-hydrogen) atoms. The van der Waals surface area contributed by atoms with Gasteiger partial charge in [-0.3, -0.25) is 0 Å². The Morgan fingerprint density at radius 2 is 1.63 bits per heavy atom. The van der Waals surface area contributed by atoms with Gasteiger partial charge in [0.1, 0.15) is 11.5 Å². The maximum Gasteiger partial charge on any atom is 0.183 e. The van der Waals surface area contributed by atoms with Gasteiger partial charge in [-0.1, -0.05) is 12.1 Å². The number of methoxy groups -OCH3 is 1. The largest absolute Gasteiger partial charge is 0.497 e. The highest BCUT2D eigenvalue weighted by Gasteiger charge is 2.45. The third kappa shape index (κ3) is 5.33. The van der Waals surface area contributed by atoms with E-state index < -0.39 is 31.0 Å². The van der Waals surface area contributed by atoms with Crippen LogP contribution in [0.2, 0.25) is 0 Å². The predicted octanol–water partition coefficient (Wildman–Crippen LogP) is 1.87. The first-order chi connectivity index (χ1) is 14.2. The first-order valence-corrected chi connectivity index (χ1v) is 13.2. The van der Waals surface area contributed by atoms with Crippen LogP contribution in [-0.2, 0) is 26.1 Å². The van der Waals surface area contributed by atoms with Gasteiger partial charge in [-0.25, -0.2) is 16.8 Å². The third-order valence-corrected chi connectivity index (χ3v) is 9.31. The summed E-state index contributed by atoms with van der Waals surface area (Å²) < 4.78 is 61.2. The molecule has 1 fully saturated rings. The van der Waals surface area contributed by atoms with Crippen molar-refractivity contribution in [1.82, 2.24) is 5.32 Å². The molecule has 0 aromatic heterocycles. The van der Waals surface area contributed by atoms with Crippen molar-refractivity contribution in [3.05, 3.63) is 54.1 Å². The molecule has 2 aromatic rings. The highest BCUT2D eigenvalue weighted by molar-refractivity contribution is 7.96. The molecule has 2 aromatic carbocycles. The maximum absolute atomic E-state index is 13.1. The Bertz CT molecular complexity index is 1050. The van der Waals surface area contributed by atoms with Gasteiger partial charge >= 0.3 is 0 Å². The molecule has 1 heterocycles. The van der Waals surface area contributed by atoms with Crippen molar-refractivity contribution in [2.24, 2.45) is 0 Å². The van der Waals surface area contributed by atoms with E-state index in [1.165, 1.54) is 12.1 Å². The zero-order valence-electron chi connectivity index (χ0n) is 17.1. The average Bonchev–Trinajstić information content (AvgIpc) is 3.04. The highest BCUT2D eigenvalue weighted by Crippen LogP contribution is 2.27. The minimum atomic E-state index is -3.81. The molecule has 1 aliphatic heterocycles. The van der Waals surface area contributed by atoms with Crippen molar-refractivity contribution in [2.75, 3.05) is 31.8 Å². The molecule has 2 atom stereocenters. The summed E-state index contributed by atoms with van der Waals surface area (Å²) in [6.45, 7) is 2.80. The number of nitrogens with one attached hydrogen (secondary N) is 1. The normalized spacial score (nSPS) is 20.7. The van der Waals surface area contributed by atoms with Gasteiger partial charge in [0.05, 0.1) is 35.4 Å². The smallest absolute Gasteiger partial charge is 0.183 e. The Morgan fingerprint density at radius 3 is 2.23 bits per heavy atom. The van der Waals surface area contributed by atoms with E-state index in [1.807, 2.05) is 31.2 Å². The quantitative estimate of drug-likeness (QED) is 0.619. The molecule has 1 saturated heterocycles. The fourth-order valence-corrected chi connectivity index (χ4v) is 8.29. The van der Waals surface area contributed by atoms with Gasteiger partial charge in [0, 0.05) is 6.04 Å². The number of sulfone groups is 2. The summed E-state index contributed by atoms with van der Waals surface area (Å²) in [4.78, 5) is 0.106. The third-order valence-electron chi connectivity index (χ3n) is 5.14. The lowest BCUT2D eigenvalue weighted by Gasteiger charge is -2.20. The number of hydrogen-bond donors (Lipinski definition) is 1. The van der Waals surface area contributed by atoms with Crippen LogP contribution >= 0.6 is 0 Å². The first kappa shape index (κ1) is 22.6. The fraction of sp³-hybridized carbons (Fsp3) is 0.429. The topological polar surface area (TPSA) is 98.8 Å². The Hall–Kier alpha value is -2.10. The average molecular weight is 454 g/mol. The minimum absolute atomic E-state index is 0.106. The van der Waals surface area contributed by atoms with Gasteiger partial charge in [0.15, 0.2) is 19.7 Å². The van der Waals surface area contributed by atoms with Crippen LogP contribution in [0.1, 0.15) is 12.5 Å². The molecule has 0 saturated carbocycles. The molecule has 0 radical (unpaired) electrons. The highest BCUT2D eigenvalue weighted by atomic mass is 32.2. The molecule has 0 spiro atoms. The van der Waals surface area contributed by atoms with Crippen LogP contribution < -0.4 is 14.8 Å². The van der Waals surface area contributed by atoms with Crippen molar-refractivity contribution in [1.29, 1.82) is 0 Å². The molecule has 9 heteroatoms. The lowest BCUT2D eigenvalue weighted by atomic mass is 10.1. The Morgan fingerprint density at radius 1 is 1.00 bits per heavy atom. The molecule has 0 bridgehead atoms. The van der Waals surface area contributed by atoms with Gasteiger partial charge in [-0.05, 0) is 61.9 Å². The van der Waals surface area contributed by atoms with Crippen molar-refractivity contribution >= 4 is 19.7 Å². The summed E-state index contributed by atoms with van der Waals surface area (Å²) >= 11 is 0. The number of rotatable bonds is 9. The number of benzene rings is 2. The molecule has 7 nitrogen and oxygen atoms in total. The summed E-state index contributed by atoms with van der Waals surface area (Å²) in [7, 11) is -5.65. The second-order valence-electron chi connectivity index (χ2n) is 7.22. The Balaban J connectivity index is 1.71. The van der Waals surface area contributed by atoms with E-state index in [0.29, 0.717) is 25.3 Å². The molecule has 1 aliphatic rings. The Kier molecular flexibility index (Phi) is 7.05. The molecule has 1 N–H and O–H groups in total. The Labute approximate surface area is 178 Å². The molecule has 0 unspecified atom stereocenters. The van der Waals surface area contributed by atoms with E-state index in [4.69, 9.17) is 9.47 Å². The monoisotopic (exact) mass is 453 g/mol. The summed E-state index contributed by atoms with van der Waals surface area (Å²) in [6, 6.07) is 13.0. The fourth-order valence-electron chi connectivity index (χ4n) is 3.57. The van der Waals surface area contributed by atoms with Crippen LogP contribution in [0.15, 0.2) is 53.4 Å². The second-order valence-corrected chi connectivity index (χ2v) is 11.5. The zero-order chi connectivity index (χ0) is 21.8. The second kappa shape index (κ2) is 9.36. The van der Waals surface area contributed by atoms with Crippen molar-refractivity contribution < 1.29 is 26.3 Å². The van der Waals surface area contributed by atoms with Crippen LogP contribution in [0.3, 0.4) is 0 Å². The van der Waals surface area contributed by atoms with Crippen LogP contribution in [0.4, 0.5) is 0 Å². The minimum Gasteiger partial charge on any atom is -0.497 e. The van der Waals surface area contributed by atoms with Crippen LogP contribution in [-0.4, -0.2) is 59.9 Å². The lowest BCUT2D eigenvalue weighted by Crippen LogP contribution is -2.44. The van der Waals surface area contributed by atoms with E-state index in [9.17, 15) is 16.8 Å². The molecule has 0 aliphatic carbocycles. The number of ether oxygens (including phenoxy) is 2. The van der Waals surface area contributed by atoms with E-state index in [0.717, 1.165) is 11.3 Å². The SMILES string of the molecule is CCOc1ccc(S(=O)(=O)[C@H]2CS(=O)(=O)C[C@@H]2NCCc2ccc(OC)cc2)cc1. The number of hydrogen-bond acceptors (Lipinski definition) is 7. The summed E-state index contributed by atoms with van der Waals surface area (Å²) in [5, 5.41) is 2.14. The summed E-state index contributed by atoms with van der Waals surface area (Å²) in [5.41, 5.74) is 1.05. The first-order valence-electron chi connectivity index (χ1n) is 9.78. The molecule has 3 rings (SSSR count). The molecule has 0 amide bonds. The lowest BCUT2D eigenvalue weighted by molar-refractivity contribution is 0.340. The summed E-state index contributed by atoms with van der Waals surface area (Å²) in [6.07, 6.45) is 0.649. The molecular formula is C21H27NO6S2. The van der Waals surface area contributed by atoms with Crippen molar-refractivity contribution in [3.8, 4) is 11.5 Å². The van der Waals surface area contributed by atoms with E-state index in [2.05, 4.69) is 5.32 Å². The molecule has 164 valence electrons. The zero-order valence-corrected chi connectivity index (χ0v) is 18.7. The van der Waals surface area contributed by atoms with Crippen molar-refractivity contribution in [2.45, 2.75) is 29.5 Å². The van der Waals surface area contributed by atoms with Crippen LogP contribution in [0, 0.1) is 0 Å². The predicted molar refractivity (Wildman–Crippen MR) is 116 cm³/mol. The van der Waals surface area contributed by atoms with E-state index in [1.54, 1.807) is 19.2 Å². The van der Waals surface area contributed by atoms with E-state index in [-0.39, 0.29) is 16.4 Å². The molecular weight excluding hydrogens is 426 g/mol. The van der Waals surface area contributed by atoms with Crippen LogP contribution in [0.25, 0.3) is 0 Å². The van der Waals surface area contributed by atoms with Gasteiger partial charge in [0.2, 0.25) is 0 Å². The van der Waals surface area contributed by atoms with Crippen molar-refractivity contribution in [3.63, 3.8) is 0 Å². The van der Waals surface area contributed by atoms with Gasteiger partial charge in [-0.2, -0.15) is 0 Å². The van der Waals surface area contributed by atoms with Gasteiger partial charge < -0.3 is 14.8 Å². The summed E-state index contributed by atoms with van der Waals surface area (Å²) in [5.74, 6) is 0.777. The van der Waals surface area contributed by atoms with Crippen LogP contribution in [0.5, 0.6) is 11.5 Å². The van der Waals surface area contributed by atoms with Gasteiger partial charge in [0.25, 0.3) is 0 Å². The standard InChI is InChI=1S/C21H27NO6S2/c1-3-28-18-8-10-19(11-9-18)30(25,26)21-15-29(23,24)14-20(21)22-13-12-16-4-6-17(27-2)7-5-16/h4-11,20-22H,3,12-15H2,1-2H3/t20-,21-/m0/s1. The van der Waals surface area contributed by atoms with Gasteiger partial charge in [-0.15, -0.1) is 0 Å².